The van der Waals surface area contributed by atoms with Crippen LogP contribution in [0.5, 0.6) is 5.75 Å². The Morgan fingerprint density at radius 2 is 2.21 bits per heavy atom. The van der Waals surface area contributed by atoms with E-state index in [4.69, 9.17) is 10.5 Å². The van der Waals surface area contributed by atoms with E-state index in [-0.39, 0.29) is 5.91 Å². The Morgan fingerprint density at radius 1 is 1.53 bits per heavy atom. The molecule has 0 aromatic heterocycles. The molecule has 0 bridgehead atoms. The van der Waals surface area contributed by atoms with Gasteiger partial charge in [0.05, 0.1) is 6.04 Å². The van der Waals surface area contributed by atoms with Crippen LogP contribution < -0.4 is 10.5 Å². The third-order valence-corrected chi connectivity index (χ3v) is 2.77. The molecule has 104 valence electrons. The number of rotatable bonds is 7. The minimum atomic E-state index is -0.485. The molecule has 2 N–H and O–H groups in total. The second-order valence-corrected chi connectivity index (χ2v) is 4.35. The van der Waals surface area contributed by atoms with Gasteiger partial charge < -0.3 is 15.4 Å². The van der Waals surface area contributed by atoms with Crippen LogP contribution in [0.25, 0.3) is 0 Å². The van der Waals surface area contributed by atoms with E-state index in [2.05, 4.69) is 6.58 Å². The molecule has 0 heterocycles. The predicted octanol–water partition coefficient (Wildman–Crippen LogP) is 1.95. The Labute approximate surface area is 114 Å². The maximum Gasteiger partial charge on any atom is 0.239 e. The van der Waals surface area contributed by atoms with Crippen LogP contribution in [0, 0.1) is 0 Å². The molecule has 0 saturated carbocycles. The number of nitrogens with two attached hydrogens (primary N) is 1. The molecule has 0 spiro atoms. The molecule has 1 aromatic rings. The van der Waals surface area contributed by atoms with Crippen molar-refractivity contribution in [2.24, 2.45) is 5.73 Å². The zero-order chi connectivity index (χ0) is 14.3. The second-order valence-electron chi connectivity index (χ2n) is 4.35. The van der Waals surface area contributed by atoms with Crippen LogP contribution in [0.4, 0.5) is 0 Å². The molecule has 0 aliphatic heterocycles. The van der Waals surface area contributed by atoms with Gasteiger partial charge in [0.25, 0.3) is 0 Å². The summed E-state index contributed by atoms with van der Waals surface area (Å²) in [6, 6.07) is 7.20. The van der Waals surface area contributed by atoms with Gasteiger partial charge in [-0.25, -0.2) is 0 Å². The normalized spacial score (nSPS) is 11.7. The summed E-state index contributed by atoms with van der Waals surface area (Å²) in [6.07, 6.45) is 1.70. The minimum Gasteiger partial charge on any atom is -0.489 e. The highest BCUT2D eigenvalue weighted by atomic mass is 16.5. The first kappa shape index (κ1) is 15.2. The Bertz CT molecular complexity index is 430. The molecular formula is C15H22N2O2. The molecule has 0 radical (unpaired) electrons. The lowest BCUT2D eigenvalue weighted by Crippen LogP contribution is -2.41. The number of hydrogen-bond acceptors (Lipinski definition) is 3. The van der Waals surface area contributed by atoms with Gasteiger partial charge in [-0.15, -0.1) is 0 Å². The van der Waals surface area contributed by atoms with Crippen LogP contribution in [-0.2, 0) is 11.3 Å². The molecule has 19 heavy (non-hydrogen) atoms. The highest BCUT2D eigenvalue weighted by Crippen LogP contribution is 2.20. The number of likely N-dealkylation sites (N-methyl/N-ethyl adjacent to an activating group) is 1. The molecular weight excluding hydrogens is 240 g/mol. The number of hydrogen-bond donors (Lipinski definition) is 1. The van der Waals surface area contributed by atoms with Crippen molar-refractivity contribution in [1.29, 1.82) is 0 Å². The summed E-state index contributed by atoms with van der Waals surface area (Å²) in [5, 5.41) is 0. The number of ether oxygens (including phenoxy) is 1. The number of amides is 1. The van der Waals surface area contributed by atoms with Crippen LogP contribution in [0.2, 0.25) is 0 Å². The van der Waals surface area contributed by atoms with Gasteiger partial charge in [0.2, 0.25) is 5.91 Å². The van der Waals surface area contributed by atoms with Crippen LogP contribution >= 0.6 is 0 Å². The van der Waals surface area contributed by atoms with Crippen LogP contribution in [0.3, 0.4) is 0 Å². The maximum atomic E-state index is 11.9. The van der Waals surface area contributed by atoms with E-state index in [0.717, 1.165) is 11.3 Å². The Kier molecular flexibility index (Phi) is 6.09. The zero-order valence-corrected chi connectivity index (χ0v) is 11.6. The standard InChI is InChI=1S/C15H22N2O2/c1-4-10-19-14-9-7-6-8-13(14)11-17(5-2)15(18)12(3)16/h4,6-9,12H,1,5,10-11,16H2,2-3H3/t12-/m1/s1. The number of benzene rings is 1. The summed E-state index contributed by atoms with van der Waals surface area (Å²) >= 11 is 0. The average molecular weight is 262 g/mol. The molecule has 4 heteroatoms. The molecule has 4 nitrogen and oxygen atoms in total. The molecule has 1 aromatic carbocycles. The topological polar surface area (TPSA) is 55.6 Å². The van der Waals surface area contributed by atoms with Crippen molar-refractivity contribution in [3.05, 3.63) is 42.5 Å². The van der Waals surface area contributed by atoms with Crippen molar-refractivity contribution >= 4 is 5.91 Å². The van der Waals surface area contributed by atoms with Gasteiger partial charge in [-0.05, 0) is 19.9 Å². The van der Waals surface area contributed by atoms with Gasteiger partial charge >= 0.3 is 0 Å². The monoisotopic (exact) mass is 262 g/mol. The van der Waals surface area contributed by atoms with E-state index < -0.39 is 6.04 Å². The molecule has 0 fully saturated rings. The van der Waals surface area contributed by atoms with E-state index in [0.29, 0.717) is 19.7 Å². The average Bonchev–Trinajstić information content (AvgIpc) is 2.42. The van der Waals surface area contributed by atoms with E-state index in [9.17, 15) is 4.79 Å². The van der Waals surface area contributed by atoms with Crippen molar-refractivity contribution in [3.8, 4) is 5.75 Å². The van der Waals surface area contributed by atoms with Gasteiger partial charge in [0, 0.05) is 18.7 Å². The Hall–Kier alpha value is -1.81. The molecule has 1 amide bonds. The molecule has 1 atom stereocenters. The number of carbonyl (C=O) groups excluding carboxylic acids is 1. The number of nitrogens with zero attached hydrogens (tertiary/aromatic N) is 1. The lowest BCUT2D eigenvalue weighted by Gasteiger charge is -2.24. The molecule has 0 aliphatic carbocycles. The second kappa shape index (κ2) is 7.59. The van der Waals surface area contributed by atoms with E-state index >= 15 is 0 Å². The lowest BCUT2D eigenvalue weighted by atomic mass is 10.1. The minimum absolute atomic E-state index is 0.0546. The Balaban J connectivity index is 2.84. The fourth-order valence-corrected chi connectivity index (χ4v) is 1.76. The first-order chi connectivity index (χ1) is 9.10. The molecule has 1 rings (SSSR count). The molecule has 0 saturated heterocycles. The summed E-state index contributed by atoms with van der Waals surface area (Å²) < 4.78 is 5.58. The van der Waals surface area contributed by atoms with E-state index in [1.54, 1.807) is 17.9 Å². The van der Waals surface area contributed by atoms with Gasteiger partial charge in [-0.3, -0.25) is 4.79 Å². The first-order valence-electron chi connectivity index (χ1n) is 6.46. The van der Waals surface area contributed by atoms with Crippen molar-refractivity contribution in [1.82, 2.24) is 4.90 Å². The lowest BCUT2D eigenvalue weighted by molar-refractivity contribution is -0.132. The van der Waals surface area contributed by atoms with Gasteiger partial charge in [0.1, 0.15) is 12.4 Å². The fraction of sp³-hybridized carbons (Fsp3) is 0.400. The number of para-hydroxylation sites is 1. The third kappa shape index (κ3) is 4.41. The first-order valence-corrected chi connectivity index (χ1v) is 6.46. The fourth-order valence-electron chi connectivity index (χ4n) is 1.76. The highest BCUT2D eigenvalue weighted by molar-refractivity contribution is 5.81. The van der Waals surface area contributed by atoms with Crippen molar-refractivity contribution in [3.63, 3.8) is 0 Å². The molecule has 0 aliphatic rings. The van der Waals surface area contributed by atoms with Gasteiger partial charge in [0.15, 0.2) is 0 Å². The van der Waals surface area contributed by atoms with Crippen molar-refractivity contribution in [2.45, 2.75) is 26.4 Å². The van der Waals surface area contributed by atoms with Crippen LogP contribution in [0.15, 0.2) is 36.9 Å². The van der Waals surface area contributed by atoms with E-state index in [1.165, 1.54) is 0 Å². The number of carbonyl (C=O) groups is 1. The smallest absolute Gasteiger partial charge is 0.239 e. The quantitative estimate of drug-likeness (QED) is 0.764. The highest BCUT2D eigenvalue weighted by Gasteiger charge is 2.17. The largest absolute Gasteiger partial charge is 0.489 e. The van der Waals surface area contributed by atoms with Crippen LogP contribution in [-0.4, -0.2) is 30.0 Å². The van der Waals surface area contributed by atoms with Gasteiger partial charge in [-0.2, -0.15) is 0 Å². The summed E-state index contributed by atoms with van der Waals surface area (Å²) in [4.78, 5) is 13.7. The van der Waals surface area contributed by atoms with Crippen molar-refractivity contribution in [2.75, 3.05) is 13.2 Å². The van der Waals surface area contributed by atoms with Gasteiger partial charge in [-0.1, -0.05) is 30.9 Å². The summed E-state index contributed by atoms with van der Waals surface area (Å²) in [6.45, 7) is 8.84. The zero-order valence-electron chi connectivity index (χ0n) is 11.6. The summed E-state index contributed by atoms with van der Waals surface area (Å²) in [5.74, 6) is 0.722. The van der Waals surface area contributed by atoms with E-state index in [1.807, 2.05) is 31.2 Å². The predicted molar refractivity (Wildman–Crippen MR) is 76.9 cm³/mol. The summed E-state index contributed by atoms with van der Waals surface area (Å²) in [7, 11) is 0. The third-order valence-electron chi connectivity index (χ3n) is 2.77. The Morgan fingerprint density at radius 3 is 2.79 bits per heavy atom. The maximum absolute atomic E-state index is 11.9. The SMILES string of the molecule is C=CCOc1ccccc1CN(CC)C(=O)[C@@H](C)N. The van der Waals surface area contributed by atoms with Crippen LogP contribution in [0.1, 0.15) is 19.4 Å². The summed E-state index contributed by atoms with van der Waals surface area (Å²) in [5.41, 5.74) is 6.62. The molecule has 0 unspecified atom stereocenters. The van der Waals surface area contributed by atoms with Crippen molar-refractivity contribution < 1.29 is 9.53 Å².